The first-order valence-corrected chi connectivity index (χ1v) is 15.5. The largest absolute Gasteiger partial charge is 0.237 e. The van der Waals surface area contributed by atoms with Crippen LogP contribution in [0.1, 0.15) is 18.3 Å². The van der Waals surface area contributed by atoms with Crippen LogP contribution in [0.15, 0.2) is 165 Å². The molecule has 47 heavy (non-hydrogen) atoms. The van der Waals surface area contributed by atoms with E-state index in [1.807, 2.05) is 72.8 Å². The highest BCUT2D eigenvalue weighted by molar-refractivity contribution is 5.98. The summed E-state index contributed by atoms with van der Waals surface area (Å²) in [5.41, 5.74) is 7.87. The molecule has 224 valence electrons. The van der Waals surface area contributed by atoms with Gasteiger partial charge in [-0.25, -0.2) is 24.9 Å². The minimum atomic E-state index is 0.599. The molecule has 0 aliphatic carbocycles. The number of nitrogens with zero attached hydrogens (tertiary/aromatic N) is 5. The number of rotatable bonds is 8. The van der Waals surface area contributed by atoms with Gasteiger partial charge in [0.25, 0.3) is 0 Å². The van der Waals surface area contributed by atoms with Crippen molar-refractivity contribution < 1.29 is 0 Å². The molecule has 0 aliphatic heterocycles. The van der Waals surface area contributed by atoms with E-state index in [0.29, 0.717) is 23.3 Å². The SMILES string of the molecule is C=C/C=C(\C=C(/C)c1cc(-c2nc(-c3ccccc3)nc(-c3ccccc3)n2)cc(-c2cccc3ccccc23)c1)c1ncccn1. The summed E-state index contributed by atoms with van der Waals surface area (Å²) >= 11 is 0. The van der Waals surface area contributed by atoms with Crippen molar-refractivity contribution in [2.75, 3.05) is 0 Å². The highest BCUT2D eigenvalue weighted by Gasteiger charge is 2.16. The summed E-state index contributed by atoms with van der Waals surface area (Å²) < 4.78 is 0. The van der Waals surface area contributed by atoms with Crippen molar-refractivity contribution in [1.82, 2.24) is 24.9 Å². The van der Waals surface area contributed by atoms with E-state index in [4.69, 9.17) is 15.0 Å². The van der Waals surface area contributed by atoms with Crippen LogP contribution in [0.4, 0.5) is 0 Å². The molecule has 2 heterocycles. The maximum atomic E-state index is 5.05. The molecule has 0 amide bonds. The second-order valence-corrected chi connectivity index (χ2v) is 11.1. The molecule has 0 N–H and O–H groups in total. The number of hydrogen-bond donors (Lipinski definition) is 0. The van der Waals surface area contributed by atoms with Crippen molar-refractivity contribution >= 4 is 21.9 Å². The van der Waals surface area contributed by atoms with Gasteiger partial charge in [0, 0.05) is 34.7 Å². The van der Waals surface area contributed by atoms with Crippen molar-refractivity contribution in [1.29, 1.82) is 0 Å². The monoisotopic (exact) mass is 605 g/mol. The summed E-state index contributed by atoms with van der Waals surface area (Å²) in [7, 11) is 0. The van der Waals surface area contributed by atoms with E-state index in [9.17, 15) is 0 Å². The average Bonchev–Trinajstić information content (AvgIpc) is 3.15. The van der Waals surface area contributed by atoms with Crippen molar-refractivity contribution in [2.45, 2.75) is 6.92 Å². The molecule has 0 bridgehead atoms. The molecule has 7 rings (SSSR count). The van der Waals surface area contributed by atoms with E-state index in [2.05, 4.69) is 90.2 Å². The number of fused-ring (bicyclic) bond motifs is 1. The molecule has 0 spiro atoms. The van der Waals surface area contributed by atoms with Gasteiger partial charge in [-0.2, -0.15) is 0 Å². The minimum absolute atomic E-state index is 0.599. The first kappa shape index (κ1) is 29.4. The van der Waals surface area contributed by atoms with Gasteiger partial charge in [0.15, 0.2) is 23.3 Å². The molecule has 0 atom stereocenters. The summed E-state index contributed by atoms with van der Waals surface area (Å²) in [6, 6.07) is 43.3. The summed E-state index contributed by atoms with van der Waals surface area (Å²) in [6.07, 6.45) is 9.28. The Morgan fingerprint density at radius 1 is 0.574 bits per heavy atom. The van der Waals surface area contributed by atoms with Gasteiger partial charge in [0.05, 0.1) is 0 Å². The zero-order chi connectivity index (χ0) is 32.0. The summed E-state index contributed by atoms with van der Waals surface area (Å²) in [4.78, 5) is 24.0. The molecule has 0 unspecified atom stereocenters. The van der Waals surface area contributed by atoms with Crippen LogP contribution < -0.4 is 0 Å². The van der Waals surface area contributed by atoms with Gasteiger partial charge < -0.3 is 0 Å². The number of allylic oxidation sites excluding steroid dienone is 5. The van der Waals surface area contributed by atoms with Crippen molar-refractivity contribution in [2.24, 2.45) is 0 Å². The van der Waals surface area contributed by atoms with Crippen LogP contribution in [0.2, 0.25) is 0 Å². The predicted octanol–water partition coefficient (Wildman–Crippen LogP) is 10.2. The number of hydrogen-bond acceptors (Lipinski definition) is 5. The normalized spacial score (nSPS) is 11.9. The fourth-order valence-electron chi connectivity index (χ4n) is 5.63. The van der Waals surface area contributed by atoms with Crippen molar-refractivity contribution in [3.8, 4) is 45.3 Å². The van der Waals surface area contributed by atoms with E-state index in [1.165, 1.54) is 10.8 Å². The third-order valence-electron chi connectivity index (χ3n) is 7.94. The number of benzene rings is 5. The van der Waals surface area contributed by atoms with Crippen LogP contribution in [-0.4, -0.2) is 24.9 Å². The Hall–Kier alpha value is -6.33. The molecule has 5 aromatic carbocycles. The molecule has 0 radical (unpaired) electrons. The zero-order valence-electron chi connectivity index (χ0n) is 26.0. The maximum absolute atomic E-state index is 5.05. The lowest BCUT2D eigenvalue weighted by molar-refractivity contribution is 1.07. The molecule has 0 aliphatic rings. The lowest BCUT2D eigenvalue weighted by Crippen LogP contribution is -2.01. The smallest absolute Gasteiger partial charge is 0.164 e. The van der Waals surface area contributed by atoms with Gasteiger partial charge in [-0.05, 0) is 70.3 Å². The fourth-order valence-corrected chi connectivity index (χ4v) is 5.63. The second-order valence-electron chi connectivity index (χ2n) is 11.1. The van der Waals surface area contributed by atoms with Gasteiger partial charge in [-0.3, -0.25) is 0 Å². The van der Waals surface area contributed by atoms with Crippen LogP contribution in [-0.2, 0) is 0 Å². The average molecular weight is 606 g/mol. The Morgan fingerprint density at radius 3 is 1.81 bits per heavy atom. The van der Waals surface area contributed by atoms with Crippen molar-refractivity contribution in [3.05, 3.63) is 176 Å². The molecule has 5 heteroatoms. The molecule has 0 saturated carbocycles. The lowest BCUT2D eigenvalue weighted by Gasteiger charge is -2.14. The molecule has 7 aromatic rings. The summed E-state index contributed by atoms with van der Waals surface area (Å²) in [5.74, 6) is 2.48. The topological polar surface area (TPSA) is 64.5 Å². The molecule has 0 saturated heterocycles. The molecule has 5 nitrogen and oxygen atoms in total. The van der Waals surface area contributed by atoms with Crippen LogP contribution in [0.25, 0.3) is 67.2 Å². The lowest BCUT2D eigenvalue weighted by atomic mass is 9.92. The third-order valence-corrected chi connectivity index (χ3v) is 7.94. The van der Waals surface area contributed by atoms with Crippen molar-refractivity contribution in [3.63, 3.8) is 0 Å². The van der Waals surface area contributed by atoms with E-state index < -0.39 is 0 Å². The van der Waals surface area contributed by atoms with Crippen LogP contribution in [0.5, 0.6) is 0 Å². The quantitative estimate of drug-likeness (QED) is 0.161. The second kappa shape index (κ2) is 13.3. The Kier molecular flexibility index (Phi) is 8.34. The minimum Gasteiger partial charge on any atom is -0.237 e. The molecular formula is C42H31N5. The van der Waals surface area contributed by atoms with Gasteiger partial charge in [-0.1, -0.05) is 122 Å². The molecule has 2 aromatic heterocycles. The van der Waals surface area contributed by atoms with E-state index >= 15 is 0 Å². The summed E-state index contributed by atoms with van der Waals surface area (Å²) in [5, 5.41) is 2.36. The standard InChI is InChI=1S/C42H31N5/c1-3-14-33(39-43-23-13-24-44-39)25-29(2)34-26-35(38-22-12-20-30-15-10-11-21-37(30)38)28-36(27-34)42-46-40(31-16-6-4-7-17-31)45-41(47-42)32-18-8-5-9-19-32/h3-28H,1H2,2H3/b29-25+,33-14+. The van der Waals surface area contributed by atoms with Crippen LogP contribution >= 0.6 is 0 Å². The third kappa shape index (κ3) is 6.42. The van der Waals surface area contributed by atoms with E-state index in [0.717, 1.165) is 44.5 Å². The van der Waals surface area contributed by atoms with Crippen LogP contribution in [0.3, 0.4) is 0 Å². The molecular weight excluding hydrogens is 574 g/mol. The summed E-state index contributed by atoms with van der Waals surface area (Å²) in [6.45, 7) is 6.03. The predicted molar refractivity (Wildman–Crippen MR) is 193 cm³/mol. The van der Waals surface area contributed by atoms with E-state index in [-0.39, 0.29) is 0 Å². The van der Waals surface area contributed by atoms with Gasteiger partial charge >= 0.3 is 0 Å². The zero-order valence-corrected chi connectivity index (χ0v) is 26.0. The van der Waals surface area contributed by atoms with Gasteiger partial charge in [-0.15, -0.1) is 0 Å². The number of aromatic nitrogens is 5. The van der Waals surface area contributed by atoms with Crippen LogP contribution in [0, 0.1) is 0 Å². The van der Waals surface area contributed by atoms with Gasteiger partial charge in [0.1, 0.15) is 0 Å². The first-order chi connectivity index (χ1) is 23.2. The molecule has 0 fully saturated rings. The Bertz CT molecular complexity index is 2190. The Morgan fingerprint density at radius 2 is 1.15 bits per heavy atom. The van der Waals surface area contributed by atoms with E-state index in [1.54, 1.807) is 18.5 Å². The first-order valence-electron chi connectivity index (χ1n) is 15.5. The Balaban J connectivity index is 1.46. The Labute approximate surface area is 274 Å². The fraction of sp³-hybridized carbons (Fsp3) is 0.0238. The highest BCUT2D eigenvalue weighted by atomic mass is 15.0. The van der Waals surface area contributed by atoms with Gasteiger partial charge in [0.2, 0.25) is 0 Å². The highest BCUT2D eigenvalue weighted by Crippen LogP contribution is 2.35. The maximum Gasteiger partial charge on any atom is 0.164 e.